The third kappa shape index (κ3) is 4.45. The van der Waals surface area contributed by atoms with E-state index in [0.717, 1.165) is 29.3 Å². The maximum absolute atomic E-state index is 13.4. The quantitative estimate of drug-likeness (QED) is 0.656. The number of carbonyl (C=O) groups excluding carboxylic acids is 2. The van der Waals surface area contributed by atoms with Crippen LogP contribution in [0.25, 0.3) is 10.9 Å². The van der Waals surface area contributed by atoms with Gasteiger partial charge in [0.25, 0.3) is 5.91 Å². The van der Waals surface area contributed by atoms with E-state index in [1.165, 1.54) is 17.7 Å². The predicted molar refractivity (Wildman–Crippen MR) is 112 cm³/mol. The van der Waals surface area contributed by atoms with Gasteiger partial charge in [-0.3, -0.25) is 9.59 Å². The number of likely N-dealkylation sites (tertiary alicyclic amines) is 1. The molecule has 4 rings (SSSR count). The lowest BCUT2D eigenvalue weighted by Crippen LogP contribution is -2.40. The molecule has 0 unspecified atom stereocenters. The maximum Gasteiger partial charge on any atom is 0.260 e. The highest BCUT2D eigenvalue weighted by Gasteiger charge is 2.25. The standard InChI is InChI=1S/C23H24FN3O3/c24-17-3-6-19-20(13-26-21(19)12-17)16-7-9-27(10-8-16)23(29)14-30-18-4-1-15(2-5-18)11-22(25)28/h1-6,12-13,16,26H,7-11,14H2,(H2,25,28). The van der Waals surface area contributed by atoms with E-state index < -0.39 is 0 Å². The van der Waals surface area contributed by atoms with Crippen LogP contribution in [0.4, 0.5) is 4.39 Å². The van der Waals surface area contributed by atoms with Gasteiger partial charge in [0, 0.05) is 30.2 Å². The summed E-state index contributed by atoms with van der Waals surface area (Å²) in [4.78, 5) is 28.4. The normalized spacial score (nSPS) is 14.8. The highest BCUT2D eigenvalue weighted by molar-refractivity contribution is 5.84. The number of nitrogens with one attached hydrogen (secondary N) is 1. The number of halogens is 1. The number of ether oxygens (including phenoxy) is 1. The fraction of sp³-hybridized carbons (Fsp3) is 0.304. The minimum atomic E-state index is -0.387. The van der Waals surface area contributed by atoms with E-state index in [0.29, 0.717) is 24.8 Å². The molecule has 0 aliphatic carbocycles. The lowest BCUT2D eigenvalue weighted by molar-refractivity contribution is -0.134. The van der Waals surface area contributed by atoms with Crippen LogP contribution < -0.4 is 10.5 Å². The molecule has 0 atom stereocenters. The molecule has 2 heterocycles. The van der Waals surface area contributed by atoms with E-state index in [4.69, 9.17) is 10.5 Å². The Labute approximate surface area is 173 Å². The number of aromatic amines is 1. The molecular weight excluding hydrogens is 385 g/mol. The summed E-state index contributed by atoms with van der Waals surface area (Å²) in [6.07, 6.45) is 3.85. The van der Waals surface area contributed by atoms with Crippen molar-refractivity contribution in [3.8, 4) is 5.75 Å². The Morgan fingerprint density at radius 1 is 1.13 bits per heavy atom. The number of aromatic nitrogens is 1. The molecule has 0 saturated carbocycles. The molecule has 0 spiro atoms. The molecule has 3 N–H and O–H groups in total. The van der Waals surface area contributed by atoms with Crippen LogP contribution in [-0.2, 0) is 16.0 Å². The van der Waals surface area contributed by atoms with Crippen LogP contribution in [0.15, 0.2) is 48.7 Å². The number of fused-ring (bicyclic) bond motifs is 1. The van der Waals surface area contributed by atoms with Gasteiger partial charge in [-0.2, -0.15) is 0 Å². The van der Waals surface area contributed by atoms with Gasteiger partial charge in [-0.1, -0.05) is 12.1 Å². The summed E-state index contributed by atoms with van der Waals surface area (Å²) >= 11 is 0. The fourth-order valence-corrected chi connectivity index (χ4v) is 4.04. The van der Waals surface area contributed by atoms with Gasteiger partial charge >= 0.3 is 0 Å². The van der Waals surface area contributed by atoms with E-state index in [1.807, 2.05) is 17.2 Å². The molecular formula is C23H24FN3O3. The van der Waals surface area contributed by atoms with Crippen molar-refractivity contribution in [1.82, 2.24) is 9.88 Å². The Balaban J connectivity index is 1.29. The number of amides is 2. The Hall–Kier alpha value is -3.35. The Bertz CT molecular complexity index is 1050. The molecule has 7 heteroatoms. The average molecular weight is 409 g/mol. The van der Waals surface area contributed by atoms with Gasteiger partial charge in [0.1, 0.15) is 11.6 Å². The van der Waals surface area contributed by atoms with Crippen LogP contribution in [0.3, 0.4) is 0 Å². The van der Waals surface area contributed by atoms with Crippen molar-refractivity contribution >= 4 is 22.7 Å². The topological polar surface area (TPSA) is 88.4 Å². The molecule has 1 aliphatic rings. The van der Waals surface area contributed by atoms with Crippen molar-refractivity contribution in [2.24, 2.45) is 5.73 Å². The minimum Gasteiger partial charge on any atom is -0.484 e. The second kappa shape index (κ2) is 8.57. The number of benzene rings is 2. The van der Waals surface area contributed by atoms with Gasteiger partial charge in [0.2, 0.25) is 5.91 Å². The molecule has 6 nitrogen and oxygen atoms in total. The number of piperidine rings is 1. The summed E-state index contributed by atoms with van der Waals surface area (Å²) in [6, 6.07) is 11.8. The monoisotopic (exact) mass is 409 g/mol. The molecule has 0 bridgehead atoms. The third-order valence-electron chi connectivity index (χ3n) is 5.63. The number of nitrogens with zero attached hydrogens (tertiary/aromatic N) is 1. The number of rotatable bonds is 6. The van der Waals surface area contributed by atoms with Crippen LogP contribution in [-0.4, -0.2) is 41.4 Å². The van der Waals surface area contributed by atoms with Gasteiger partial charge in [-0.15, -0.1) is 0 Å². The van der Waals surface area contributed by atoms with Crippen molar-refractivity contribution < 1.29 is 18.7 Å². The number of carbonyl (C=O) groups is 2. The Morgan fingerprint density at radius 2 is 1.87 bits per heavy atom. The molecule has 2 aromatic carbocycles. The van der Waals surface area contributed by atoms with Gasteiger partial charge in [-0.05, 0) is 60.2 Å². The zero-order valence-corrected chi connectivity index (χ0v) is 16.6. The number of nitrogens with two attached hydrogens (primary N) is 1. The molecule has 30 heavy (non-hydrogen) atoms. The van der Waals surface area contributed by atoms with Gasteiger partial charge in [-0.25, -0.2) is 4.39 Å². The fourth-order valence-electron chi connectivity index (χ4n) is 4.04. The highest BCUT2D eigenvalue weighted by atomic mass is 19.1. The third-order valence-corrected chi connectivity index (χ3v) is 5.63. The second-order valence-electron chi connectivity index (χ2n) is 7.66. The molecule has 1 aliphatic heterocycles. The summed E-state index contributed by atoms with van der Waals surface area (Å²) < 4.78 is 19.0. The summed E-state index contributed by atoms with van der Waals surface area (Å²) in [6.45, 7) is 1.31. The molecule has 3 aromatic rings. The van der Waals surface area contributed by atoms with Crippen LogP contribution in [0.1, 0.15) is 29.9 Å². The first-order valence-corrected chi connectivity index (χ1v) is 10.0. The lowest BCUT2D eigenvalue weighted by atomic mass is 9.89. The van der Waals surface area contributed by atoms with Crippen LogP contribution in [0.5, 0.6) is 5.75 Å². The lowest BCUT2D eigenvalue weighted by Gasteiger charge is -2.32. The number of primary amides is 1. The first-order chi connectivity index (χ1) is 14.5. The molecule has 0 radical (unpaired) electrons. The average Bonchev–Trinajstić information content (AvgIpc) is 3.15. The summed E-state index contributed by atoms with van der Waals surface area (Å²) in [5.74, 6) is 0.237. The first-order valence-electron chi connectivity index (χ1n) is 10.0. The molecule has 2 amide bonds. The largest absolute Gasteiger partial charge is 0.484 e. The molecule has 1 saturated heterocycles. The van der Waals surface area contributed by atoms with E-state index in [9.17, 15) is 14.0 Å². The van der Waals surface area contributed by atoms with Crippen LogP contribution >= 0.6 is 0 Å². The van der Waals surface area contributed by atoms with Gasteiger partial charge in [0.15, 0.2) is 6.61 Å². The van der Waals surface area contributed by atoms with Crippen molar-refractivity contribution in [3.05, 3.63) is 65.6 Å². The van der Waals surface area contributed by atoms with Crippen LogP contribution in [0.2, 0.25) is 0 Å². The summed E-state index contributed by atoms with van der Waals surface area (Å²) in [5.41, 5.74) is 7.98. The number of H-pyrrole nitrogens is 1. The van der Waals surface area contributed by atoms with Gasteiger partial charge in [0.05, 0.1) is 6.42 Å². The molecule has 156 valence electrons. The van der Waals surface area contributed by atoms with Crippen molar-refractivity contribution in [3.63, 3.8) is 0 Å². The number of hydrogen-bond acceptors (Lipinski definition) is 3. The zero-order valence-electron chi connectivity index (χ0n) is 16.6. The van der Waals surface area contributed by atoms with E-state index >= 15 is 0 Å². The van der Waals surface area contributed by atoms with E-state index in [1.54, 1.807) is 24.3 Å². The van der Waals surface area contributed by atoms with E-state index in [2.05, 4.69) is 4.98 Å². The molecule has 1 aromatic heterocycles. The van der Waals surface area contributed by atoms with Crippen LogP contribution in [0, 0.1) is 5.82 Å². The number of hydrogen-bond donors (Lipinski definition) is 2. The smallest absolute Gasteiger partial charge is 0.260 e. The minimum absolute atomic E-state index is 0.0216. The molecule has 1 fully saturated rings. The van der Waals surface area contributed by atoms with E-state index in [-0.39, 0.29) is 30.7 Å². The summed E-state index contributed by atoms with van der Waals surface area (Å²) in [5, 5.41) is 1.05. The van der Waals surface area contributed by atoms with Crippen molar-refractivity contribution in [2.75, 3.05) is 19.7 Å². The van der Waals surface area contributed by atoms with Crippen molar-refractivity contribution in [2.45, 2.75) is 25.2 Å². The van der Waals surface area contributed by atoms with Crippen molar-refractivity contribution in [1.29, 1.82) is 0 Å². The highest BCUT2D eigenvalue weighted by Crippen LogP contribution is 2.33. The predicted octanol–water partition coefficient (Wildman–Crippen LogP) is 3.12. The first kappa shape index (κ1) is 19.9. The summed E-state index contributed by atoms with van der Waals surface area (Å²) in [7, 11) is 0. The van der Waals surface area contributed by atoms with Gasteiger partial charge < -0.3 is 20.4 Å². The maximum atomic E-state index is 13.4. The SMILES string of the molecule is NC(=O)Cc1ccc(OCC(=O)N2CCC(c3c[nH]c4cc(F)ccc34)CC2)cc1. The second-order valence-corrected chi connectivity index (χ2v) is 7.66. The zero-order chi connectivity index (χ0) is 21.1. The Morgan fingerprint density at radius 3 is 2.57 bits per heavy atom. The Kier molecular flexibility index (Phi) is 5.70.